The normalized spacial score (nSPS) is 15.8. The molecule has 0 spiro atoms. The minimum Gasteiger partial charge on any atom is -0.481 e. The quantitative estimate of drug-likeness (QED) is 0.184. The molecular formula is C40H43Cl2N5O6. The van der Waals surface area contributed by atoms with Crippen LogP contribution in [0.1, 0.15) is 44.7 Å². The Hall–Kier alpha value is -5.00. The molecule has 278 valence electrons. The number of rotatable bonds is 8. The Bertz CT molecular complexity index is 2050. The molecule has 4 aromatic rings. The van der Waals surface area contributed by atoms with Crippen LogP contribution in [0.25, 0.3) is 33.5 Å². The summed E-state index contributed by atoms with van der Waals surface area (Å²) in [7, 11) is 3.48. The summed E-state index contributed by atoms with van der Waals surface area (Å²) < 4.78 is 11.4. The van der Waals surface area contributed by atoms with Crippen LogP contribution < -0.4 is 15.0 Å². The fraction of sp³-hybridized carbons (Fsp3) is 0.350. The van der Waals surface area contributed by atoms with Crippen LogP contribution >= 0.6 is 23.2 Å². The van der Waals surface area contributed by atoms with Crippen LogP contribution in [0.5, 0.6) is 5.88 Å². The van der Waals surface area contributed by atoms with Crippen molar-refractivity contribution in [2.45, 2.75) is 58.3 Å². The van der Waals surface area contributed by atoms with Gasteiger partial charge in [-0.2, -0.15) is 0 Å². The Balaban J connectivity index is 1.30. The number of methoxy groups -OCH3 is 1. The van der Waals surface area contributed by atoms with Gasteiger partial charge in [0, 0.05) is 72.6 Å². The Morgan fingerprint density at radius 2 is 1.66 bits per heavy atom. The molecule has 2 aliphatic rings. The standard InChI is InChI=1S/C40H43Cl2N5O6/c1-40(2,3)53-39(51)47(23-27-15-17-34(48)43-27)22-26-14-16-32(44-37(26)52-5)31-11-7-10-30(36(31)42)29-9-6-8-28(35(29)41)24-12-13-25-21-46(38(49)50)19-18-45(4)33(25)20-24/h6-14,16,20,27H,15,17-19,21-23H2,1-5H3,(H,43,48)(H,49,50)/t27-/m0/s1. The number of fused-ring (bicyclic) bond motifs is 1. The summed E-state index contributed by atoms with van der Waals surface area (Å²) in [6.45, 7) is 7.16. The molecule has 0 saturated carbocycles. The van der Waals surface area contributed by atoms with Gasteiger partial charge in [0.15, 0.2) is 0 Å². The first kappa shape index (κ1) is 37.7. The van der Waals surface area contributed by atoms with E-state index in [2.05, 4.69) is 16.3 Å². The number of pyridine rings is 1. The second-order valence-electron chi connectivity index (χ2n) is 14.3. The number of benzene rings is 3. The maximum absolute atomic E-state index is 13.3. The van der Waals surface area contributed by atoms with Crippen LogP contribution in [-0.4, -0.2) is 83.4 Å². The molecule has 1 aromatic heterocycles. The predicted molar refractivity (Wildman–Crippen MR) is 207 cm³/mol. The van der Waals surface area contributed by atoms with Gasteiger partial charge in [-0.3, -0.25) is 4.79 Å². The average Bonchev–Trinajstić information content (AvgIpc) is 3.45. The molecule has 13 heteroatoms. The Morgan fingerprint density at radius 1 is 0.981 bits per heavy atom. The Kier molecular flexibility index (Phi) is 11.1. The minimum atomic E-state index is -0.938. The largest absolute Gasteiger partial charge is 0.481 e. The van der Waals surface area contributed by atoms with E-state index in [4.69, 9.17) is 37.7 Å². The topological polar surface area (TPSA) is 125 Å². The number of carbonyl (C=O) groups is 3. The molecule has 6 rings (SSSR count). The SMILES string of the molecule is COc1nc(-c2cccc(-c3cccc(-c4ccc5c(c4)N(C)CCN(C(=O)O)C5)c3Cl)c2Cl)ccc1CN(C[C@@H]1CCC(=O)N1)C(=O)OC(C)(C)C. The van der Waals surface area contributed by atoms with E-state index in [1.165, 1.54) is 12.0 Å². The van der Waals surface area contributed by atoms with Gasteiger partial charge < -0.3 is 34.6 Å². The molecule has 0 bridgehead atoms. The summed E-state index contributed by atoms with van der Waals surface area (Å²) in [5.41, 5.74) is 6.26. The maximum Gasteiger partial charge on any atom is 0.410 e. The Labute approximate surface area is 319 Å². The van der Waals surface area contributed by atoms with Crippen molar-refractivity contribution in [2.75, 3.05) is 38.7 Å². The van der Waals surface area contributed by atoms with Crippen LogP contribution in [0.4, 0.5) is 15.3 Å². The molecule has 53 heavy (non-hydrogen) atoms. The number of ether oxygens (including phenoxy) is 2. The summed E-state index contributed by atoms with van der Waals surface area (Å²) in [5, 5.41) is 13.5. The molecule has 0 aliphatic carbocycles. The first-order valence-corrected chi connectivity index (χ1v) is 18.2. The van der Waals surface area contributed by atoms with Gasteiger partial charge >= 0.3 is 12.2 Å². The van der Waals surface area contributed by atoms with Crippen molar-refractivity contribution >= 4 is 47.0 Å². The van der Waals surface area contributed by atoms with Gasteiger partial charge in [0.1, 0.15) is 5.60 Å². The van der Waals surface area contributed by atoms with Gasteiger partial charge in [0.05, 0.1) is 35.9 Å². The summed E-state index contributed by atoms with van der Waals surface area (Å²) >= 11 is 14.3. The molecule has 3 amide bonds. The van der Waals surface area contributed by atoms with E-state index < -0.39 is 17.8 Å². The highest BCUT2D eigenvalue weighted by atomic mass is 35.5. The minimum absolute atomic E-state index is 0.0348. The smallest absolute Gasteiger partial charge is 0.410 e. The molecule has 2 N–H and O–H groups in total. The predicted octanol–water partition coefficient (Wildman–Crippen LogP) is 8.34. The Morgan fingerprint density at radius 3 is 2.30 bits per heavy atom. The number of aromatic nitrogens is 1. The van der Waals surface area contributed by atoms with Crippen molar-refractivity contribution in [1.82, 2.24) is 20.1 Å². The number of hydrogen-bond acceptors (Lipinski definition) is 7. The van der Waals surface area contributed by atoms with Crippen LogP contribution in [0.15, 0.2) is 66.7 Å². The van der Waals surface area contributed by atoms with Crippen LogP contribution in [-0.2, 0) is 22.6 Å². The molecule has 0 radical (unpaired) electrons. The number of nitrogens with zero attached hydrogens (tertiary/aromatic N) is 4. The van der Waals surface area contributed by atoms with E-state index >= 15 is 0 Å². The molecule has 2 aliphatic heterocycles. The summed E-state index contributed by atoms with van der Waals surface area (Å²) in [6, 6.07) is 21.0. The fourth-order valence-electron chi connectivity index (χ4n) is 6.69. The van der Waals surface area contributed by atoms with Crippen molar-refractivity contribution in [2.24, 2.45) is 0 Å². The summed E-state index contributed by atoms with van der Waals surface area (Å²) in [4.78, 5) is 46.8. The molecule has 3 aromatic carbocycles. The third kappa shape index (κ3) is 8.47. The molecule has 3 heterocycles. The van der Waals surface area contributed by atoms with Gasteiger partial charge in [-0.1, -0.05) is 71.7 Å². The van der Waals surface area contributed by atoms with Gasteiger partial charge in [0.2, 0.25) is 11.8 Å². The second-order valence-corrected chi connectivity index (χ2v) is 15.1. The lowest BCUT2D eigenvalue weighted by Gasteiger charge is -2.29. The number of carbonyl (C=O) groups excluding carboxylic acids is 2. The number of hydrogen-bond donors (Lipinski definition) is 2. The van der Waals surface area contributed by atoms with Crippen LogP contribution in [0.2, 0.25) is 10.0 Å². The molecule has 1 saturated heterocycles. The zero-order valence-electron chi connectivity index (χ0n) is 30.4. The van der Waals surface area contributed by atoms with Crippen LogP contribution in [0.3, 0.4) is 0 Å². The summed E-state index contributed by atoms with van der Waals surface area (Å²) in [5.74, 6) is 0.292. The van der Waals surface area contributed by atoms with Crippen molar-refractivity contribution in [3.63, 3.8) is 0 Å². The van der Waals surface area contributed by atoms with Crippen molar-refractivity contribution in [3.8, 4) is 39.4 Å². The van der Waals surface area contributed by atoms with Crippen molar-refractivity contribution < 1.29 is 29.0 Å². The van der Waals surface area contributed by atoms with E-state index in [-0.39, 0.29) is 25.0 Å². The molecule has 1 atom stereocenters. The number of carboxylic acid groups (broad SMARTS) is 1. The first-order valence-electron chi connectivity index (χ1n) is 17.4. The molecular weight excluding hydrogens is 717 g/mol. The highest BCUT2D eigenvalue weighted by molar-refractivity contribution is 6.39. The van der Waals surface area contributed by atoms with Crippen molar-refractivity contribution in [3.05, 3.63) is 87.9 Å². The highest BCUT2D eigenvalue weighted by Gasteiger charge is 2.30. The number of amides is 3. The monoisotopic (exact) mass is 759 g/mol. The second kappa shape index (κ2) is 15.5. The van der Waals surface area contributed by atoms with E-state index in [9.17, 15) is 19.5 Å². The van der Waals surface area contributed by atoms with E-state index in [1.807, 2.05) is 88.5 Å². The van der Waals surface area contributed by atoms with Crippen LogP contribution in [0, 0.1) is 0 Å². The van der Waals surface area contributed by atoms with Crippen molar-refractivity contribution in [1.29, 1.82) is 0 Å². The lowest BCUT2D eigenvalue weighted by molar-refractivity contribution is -0.119. The number of likely N-dealkylation sites (N-methyl/N-ethyl adjacent to an activating group) is 1. The highest BCUT2D eigenvalue weighted by Crippen LogP contribution is 2.43. The van der Waals surface area contributed by atoms with Gasteiger partial charge in [-0.05, 0) is 56.5 Å². The van der Waals surface area contributed by atoms with E-state index in [1.54, 1.807) is 4.90 Å². The fourth-order valence-corrected chi connectivity index (χ4v) is 7.35. The number of anilines is 1. The lowest BCUT2D eigenvalue weighted by Crippen LogP contribution is -2.43. The van der Waals surface area contributed by atoms with E-state index in [0.29, 0.717) is 65.2 Å². The van der Waals surface area contributed by atoms with Gasteiger partial charge in [-0.15, -0.1) is 0 Å². The third-order valence-electron chi connectivity index (χ3n) is 9.38. The zero-order valence-corrected chi connectivity index (χ0v) is 31.9. The molecule has 11 nitrogen and oxygen atoms in total. The average molecular weight is 761 g/mol. The third-order valence-corrected chi connectivity index (χ3v) is 10.2. The first-order chi connectivity index (χ1) is 25.2. The lowest BCUT2D eigenvalue weighted by atomic mass is 9.95. The number of halogens is 2. The van der Waals surface area contributed by atoms with Gasteiger partial charge in [0.25, 0.3) is 0 Å². The van der Waals surface area contributed by atoms with E-state index in [0.717, 1.165) is 33.5 Å². The summed E-state index contributed by atoms with van der Waals surface area (Å²) in [6.07, 6.45) is -0.386. The molecule has 1 fully saturated rings. The number of nitrogens with one attached hydrogen (secondary N) is 1. The zero-order chi connectivity index (χ0) is 38.0. The maximum atomic E-state index is 13.3. The van der Waals surface area contributed by atoms with Gasteiger partial charge in [-0.25, -0.2) is 14.6 Å². The molecule has 0 unspecified atom stereocenters.